The molecule has 50 heavy (non-hydrogen) atoms. The van der Waals surface area contributed by atoms with E-state index in [1.165, 1.54) is 11.3 Å². The van der Waals surface area contributed by atoms with Gasteiger partial charge in [0.15, 0.2) is 0 Å². The van der Waals surface area contributed by atoms with Crippen molar-refractivity contribution in [1.82, 2.24) is 25.5 Å². The van der Waals surface area contributed by atoms with Crippen LogP contribution in [-0.2, 0) is 40.3 Å². The number of aliphatic hydroxyl groups excluding tert-OH is 1. The van der Waals surface area contributed by atoms with Crippen molar-refractivity contribution in [2.75, 3.05) is 7.05 Å². The minimum Gasteiger partial charge on any atom is -0.444 e. The van der Waals surface area contributed by atoms with Crippen LogP contribution in [0, 0.1) is 11.8 Å². The van der Waals surface area contributed by atoms with Gasteiger partial charge in [0.05, 0.1) is 39.8 Å². The van der Waals surface area contributed by atoms with Crippen LogP contribution in [0.5, 0.6) is 0 Å². The molecule has 10 nitrogen and oxygen atoms in total. The van der Waals surface area contributed by atoms with Gasteiger partial charge in [-0.15, -0.1) is 22.7 Å². The minimum atomic E-state index is -1.03. The Balaban J connectivity index is 1.46. The van der Waals surface area contributed by atoms with Crippen LogP contribution in [0.4, 0.5) is 4.79 Å². The smallest absolute Gasteiger partial charge is 0.407 e. The van der Waals surface area contributed by atoms with Gasteiger partial charge in [0, 0.05) is 42.9 Å². The van der Waals surface area contributed by atoms with Gasteiger partial charge in [-0.05, 0) is 36.3 Å². The maximum atomic E-state index is 13.9. The van der Waals surface area contributed by atoms with Gasteiger partial charge in [-0.1, -0.05) is 88.4 Å². The molecule has 2 aromatic carbocycles. The number of ether oxygens (including phenoxy) is 1. The SMILES string of the molecule is CC(C)c1nc(CN(C)C(=O)CC(C(=O)NC(Cc2ccccc2)CC(O)C(Cc2ccccc2)NC(=O)OCc2cncs2)C(C)C)cs1. The molecule has 0 fully saturated rings. The van der Waals surface area contributed by atoms with E-state index >= 15 is 0 Å². The summed E-state index contributed by atoms with van der Waals surface area (Å²) in [5.74, 6) is -0.758. The van der Waals surface area contributed by atoms with Crippen LogP contribution in [-0.4, -0.2) is 63.1 Å². The molecule has 0 aliphatic rings. The third-order valence-corrected chi connectivity index (χ3v) is 10.5. The quantitative estimate of drug-likeness (QED) is 0.109. The Hall–Kier alpha value is -4.13. The molecule has 268 valence electrons. The molecule has 0 saturated heterocycles. The van der Waals surface area contributed by atoms with Crippen LogP contribution < -0.4 is 10.6 Å². The number of thiazole rings is 2. The van der Waals surface area contributed by atoms with Crippen molar-refractivity contribution >= 4 is 40.6 Å². The summed E-state index contributed by atoms with van der Waals surface area (Å²) in [5, 5.41) is 20.7. The fourth-order valence-corrected chi connectivity index (χ4v) is 6.95. The number of hydrogen-bond donors (Lipinski definition) is 3. The Bertz CT molecular complexity index is 1610. The number of amides is 3. The molecule has 2 aromatic heterocycles. The first-order valence-electron chi connectivity index (χ1n) is 17.0. The number of nitrogens with one attached hydrogen (secondary N) is 2. The lowest BCUT2D eigenvalue weighted by atomic mass is 9.89. The fourth-order valence-electron chi connectivity index (χ4n) is 5.62. The van der Waals surface area contributed by atoms with Crippen molar-refractivity contribution in [2.45, 2.75) is 90.6 Å². The molecule has 0 radical (unpaired) electrons. The number of alkyl carbamates (subject to hydrolysis) is 1. The molecular weight excluding hydrogens is 671 g/mol. The predicted octanol–water partition coefficient (Wildman–Crippen LogP) is 6.36. The normalized spacial score (nSPS) is 13.8. The van der Waals surface area contributed by atoms with Gasteiger partial charge in [0.25, 0.3) is 0 Å². The number of nitrogens with zero attached hydrogens (tertiary/aromatic N) is 3. The van der Waals surface area contributed by atoms with Crippen molar-refractivity contribution < 1.29 is 24.2 Å². The molecule has 0 saturated carbocycles. The van der Waals surface area contributed by atoms with Gasteiger partial charge in [0.1, 0.15) is 6.61 Å². The van der Waals surface area contributed by atoms with E-state index in [-0.39, 0.29) is 37.2 Å². The standard InChI is InChI=1S/C38H49N5O5S2/c1-25(2)32(19-35(45)43(5)21-30-23-49-37(41-30)26(3)4)36(46)40-29(16-27-12-8-6-9-13-27)18-34(44)33(17-28-14-10-7-11-15-28)42-38(47)48-22-31-20-39-24-50-31/h6-15,20,23-26,29,32-34,44H,16-19,21-22H2,1-5H3,(H,40,46)(H,42,47). The number of carbonyl (C=O) groups excluding carboxylic acids is 3. The van der Waals surface area contributed by atoms with E-state index in [1.54, 1.807) is 35.0 Å². The van der Waals surface area contributed by atoms with E-state index < -0.39 is 30.2 Å². The zero-order valence-corrected chi connectivity index (χ0v) is 31.1. The first-order chi connectivity index (χ1) is 24.0. The second-order valence-electron chi connectivity index (χ2n) is 13.3. The van der Waals surface area contributed by atoms with E-state index in [0.29, 0.717) is 25.3 Å². The molecule has 4 aromatic rings. The molecule has 0 aliphatic heterocycles. The second-order valence-corrected chi connectivity index (χ2v) is 15.2. The van der Waals surface area contributed by atoms with E-state index in [0.717, 1.165) is 26.7 Å². The predicted molar refractivity (Wildman–Crippen MR) is 198 cm³/mol. The highest BCUT2D eigenvalue weighted by Gasteiger charge is 2.31. The van der Waals surface area contributed by atoms with Crippen LogP contribution in [0.25, 0.3) is 0 Å². The summed E-state index contributed by atoms with van der Waals surface area (Å²) in [4.78, 5) is 51.3. The summed E-state index contributed by atoms with van der Waals surface area (Å²) in [7, 11) is 1.74. The van der Waals surface area contributed by atoms with Crippen molar-refractivity contribution in [1.29, 1.82) is 0 Å². The van der Waals surface area contributed by atoms with Gasteiger partial charge < -0.3 is 25.4 Å². The van der Waals surface area contributed by atoms with Crippen LogP contribution in [0.2, 0.25) is 0 Å². The monoisotopic (exact) mass is 719 g/mol. The molecule has 4 atom stereocenters. The Morgan fingerprint density at radius 3 is 2.16 bits per heavy atom. The third kappa shape index (κ3) is 12.3. The maximum absolute atomic E-state index is 13.9. The summed E-state index contributed by atoms with van der Waals surface area (Å²) in [6, 6.07) is 18.2. The molecule has 2 heterocycles. The van der Waals surface area contributed by atoms with Crippen LogP contribution in [0.1, 0.15) is 73.2 Å². The van der Waals surface area contributed by atoms with E-state index in [2.05, 4.69) is 34.4 Å². The molecule has 4 unspecified atom stereocenters. The lowest BCUT2D eigenvalue weighted by molar-refractivity contribution is -0.137. The summed E-state index contributed by atoms with van der Waals surface area (Å²) >= 11 is 2.98. The average Bonchev–Trinajstić information content (AvgIpc) is 3.79. The number of aromatic nitrogens is 2. The van der Waals surface area contributed by atoms with E-state index in [1.807, 2.05) is 79.9 Å². The van der Waals surface area contributed by atoms with Gasteiger partial charge in [-0.25, -0.2) is 9.78 Å². The lowest BCUT2D eigenvalue weighted by Gasteiger charge is -2.30. The molecule has 0 bridgehead atoms. The van der Waals surface area contributed by atoms with Gasteiger partial charge in [-0.3, -0.25) is 14.6 Å². The Morgan fingerprint density at radius 2 is 1.58 bits per heavy atom. The Kier molecular flexibility index (Phi) is 14.9. The minimum absolute atomic E-state index is 0.0472. The third-order valence-electron chi connectivity index (χ3n) is 8.52. The highest BCUT2D eigenvalue weighted by atomic mass is 32.1. The summed E-state index contributed by atoms with van der Waals surface area (Å²) in [5.41, 5.74) is 4.43. The highest BCUT2D eigenvalue weighted by Crippen LogP contribution is 2.22. The first-order valence-corrected chi connectivity index (χ1v) is 18.8. The molecule has 3 amide bonds. The molecular formula is C38H49N5O5S2. The van der Waals surface area contributed by atoms with Crippen molar-refractivity contribution in [3.8, 4) is 0 Å². The number of rotatable bonds is 18. The lowest BCUT2D eigenvalue weighted by Crippen LogP contribution is -2.50. The van der Waals surface area contributed by atoms with Crippen molar-refractivity contribution in [3.63, 3.8) is 0 Å². The van der Waals surface area contributed by atoms with Crippen LogP contribution in [0.15, 0.2) is 77.8 Å². The molecule has 0 aliphatic carbocycles. The number of hydrogen-bond acceptors (Lipinski definition) is 9. The summed E-state index contributed by atoms with van der Waals surface area (Å²) < 4.78 is 5.43. The highest BCUT2D eigenvalue weighted by molar-refractivity contribution is 7.09. The summed E-state index contributed by atoms with van der Waals surface area (Å²) in [6.07, 6.45) is 0.987. The largest absolute Gasteiger partial charge is 0.444 e. The van der Waals surface area contributed by atoms with Crippen LogP contribution >= 0.6 is 22.7 Å². The Labute approximate surface area is 303 Å². The number of carbonyl (C=O) groups is 3. The van der Waals surface area contributed by atoms with Crippen molar-refractivity contribution in [3.05, 3.63) is 104 Å². The van der Waals surface area contributed by atoms with E-state index in [4.69, 9.17) is 4.74 Å². The first kappa shape index (κ1) is 38.7. The summed E-state index contributed by atoms with van der Waals surface area (Å²) in [6.45, 7) is 8.50. The van der Waals surface area contributed by atoms with E-state index in [9.17, 15) is 19.5 Å². The zero-order valence-electron chi connectivity index (χ0n) is 29.5. The average molecular weight is 720 g/mol. The second kappa shape index (κ2) is 19.3. The van der Waals surface area contributed by atoms with Gasteiger partial charge >= 0.3 is 6.09 Å². The molecule has 4 rings (SSSR count). The number of benzene rings is 2. The number of aliphatic hydroxyl groups is 1. The maximum Gasteiger partial charge on any atom is 0.407 e. The van der Waals surface area contributed by atoms with Crippen molar-refractivity contribution in [2.24, 2.45) is 11.8 Å². The topological polar surface area (TPSA) is 134 Å². The van der Waals surface area contributed by atoms with Gasteiger partial charge in [0.2, 0.25) is 11.8 Å². The van der Waals surface area contributed by atoms with Gasteiger partial charge in [-0.2, -0.15) is 0 Å². The molecule has 12 heteroatoms. The zero-order chi connectivity index (χ0) is 36.0. The molecule has 0 spiro atoms. The van der Waals surface area contributed by atoms with Crippen LogP contribution in [0.3, 0.4) is 0 Å². The fraction of sp³-hybridized carbons (Fsp3) is 0.447. The Morgan fingerprint density at radius 1 is 0.920 bits per heavy atom. The molecule has 3 N–H and O–H groups in total.